The summed E-state index contributed by atoms with van der Waals surface area (Å²) in [5.74, 6) is -0.0977. The number of fused-ring (bicyclic) bond motifs is 1. The van der Waals surface area contributed by atoms with Gasteiger partial charge in [0.1, 0.15) is 11.6 Å². The van der Waals surface area contributed by atoms with Gasteiger partial charge in [-0.1, -0.05) is 38.5 Å². The molecule has 2 aromatic heterocycles. The van der Waals surface area contributed by atoms with Gasteiger partial charge >= 0.3 is 11.6 Å². The van der Waals surface area contributed by atoms with Crippen molar-refractivity contribution in [3.63, 3.8) is 0 Å². The predicted molar refractivity (Wildman–Crippen MR) is 122 cm³/mol. The van der Waals surface area contributed by atoms with Crippen molar-refractivity contribution in [2.24, 2.45) is 0 Å². The second-order valence-corrected chi connectivity index (χ2v) is 8.92. The molecule has 0 spiro atoms. The Morgan fingerprint density at radius 1 is 1.16 bits per heavy atom. The lowest BCUT2D eigenvalue weighted by Gasteiger charge is -2.43. The van der Waals surface area contributed by atoms with Crippen LogP contribution in [0.3, 0.4) is 0 Å². The third kappa shape index (κ3) is 4.23. The van der Waals surface area contributed by atoms with Crippen LogP contribution in [0.15, 0.2) is 15.3 Å². The lowest BCUT2D eigenvalue weighted by atomic mass is 9.88. The maximum Gasteiger partial charge on any atom is 0.352 e. The monoisotopic (exact) mass is 437 g/mol. The van der Waals surface area contributed by atoms with Crippen molar-refractivity contribution in [3.05, 3.63) is 33.2 Å². The van der Waals surface area contributed by atoms with Gasteiger partial charge < -0.3 is 14.1 Å². The van der Waals surface area contributed by atoms with E-state index in [1.807, 2.05) is 6.92 Å². The normalized spacial score (nSPS) is 17.8. The van der Waals surface area contributed by atoms with Gasteiger partial charge in [-0.3, -0.25) is 0 Å². The minimum Gasteiger partial charge on any atom is -0.462 e. The van der Waals surface area contributed by atoms with Crippen LogP contribution in [-0.4, -0.2) is 29.6 Å². The van der Waals surface area contributed by atoms with Crippen LogP contribution in [0, 0.1) is 18.3 Å². The molecule has 170 valence electrons. The van der Waals surface area contributed by atoms with E-state index in [-0.39, 0.29) is 17.9 Å². The van der Waals surface area contributed by atoms with E-state index in [1.165, 1.54) is 44.6 Å². The van der Waals surface area contributed by atoms with E-state index < -0.39 is 11.6 Å². The number of aromatic nitrogens is 1. The minimum atomic E-state index is -0.764. The second-order valence-electron chi connectivity index (χ2n) is 8.92. The van der Waals surface area contributed by atoms with Gasteiger partial charge in [-0.05, 0) is 51.2 Å². The topological polar surface area (TPSA) is 96.4 Å². The molecular weight excluding hydrogens is 406 g/mol. The Kier molecular flexibility index (Phi) is 6.78. The number of carbonyl (C=O) groups is 1. The molecule has 4 rings (SSSR count). The standard InChI is InChI=1S/C25H31N3O4/c1-3-31-24(29)20-14-19-16(2)21(15-26)22(27-23(19)32-25(20)30)28(17-10-6-4-7-11-17)18-12-8-5-9-13-18/h14,17-18H,3-13H2,1-2H3. The van der Waals surface area contributed by atoms with Crippen LogP contribution in [0.1, 0.15) is 92.6 Å². The number of nitriles is 1. The van der Waals surface area contributed by atoms with E-state index in [4.69, 9.17) is 14.1 Å². The molecule has 0 aromatic carbocycles. The summed E-state index contributed by atoms with van der Waals surface area (Å²) in [7, 11) is 0. The summed E-state index contributed by atoms with van der Waals surface area (Å²) in [5, 5.41) is 10.6. The van der Waals surface area contributed by atoms with Crippen LogP contribution in [-0.2, 0) is 4.74 Å². The number of ether oxygens (including phenoxy) is 1. The first-order valence-electron chi connectivity index (χ1n) is 11.9. The van der Waals surface area contributed by atoms with Gasteiger partial charge in [-0.15, -0.1) is 0 Å². The number of pyridine rings is 1. The van der Waals surface area contributed by atoms with Gasteiger partial charge in [-0.2, -0.15) is 10.2 Å². The maximum atomic E-state index is 12.5. The number of hydrogen-bond donors (Lipinski definition) is 0. The van der Waals surface area contributed by atoms with Crippen LogP contribution in [0.25, 0.3) is 11.1 Å². The Morgan fingerprint density at radius 2 is 1.75 bits per heavy atom. The fraction of sp³-hybridized carbons (Fsp3) is 0.600. The molecule has 0 atom stereocenters. The Balaban J connectivity index is 1.87. The first-order chi connectivity index (χ1) is 15.5. The predicted octanol–water partition coefficient (Wildman–Crippen LogP) is 5.02. The zero-order chi connectivity index (χ0) is 22.7. The van der Waals surface area contributed by atoms with Crippen molar-refractivity contribution in [1.82, 2.24) is 4.98 Å². The highest BCUT2D eigenvalue weighted by atomic mass is 16.5. The van der Waals surface area contributed by atoms with Crippen LogP contribution in [0.4, 0.5) is 5.82 Å². The second kappa shape index (κ2) is 9.72. The van der Waals surface area contributed by atoms with Gasteiger partial charge in [0.15, 0.2) is 5.82 Å². The fourth-order valence-corrected chi connectivity index (χ4v) is 5.30. The number of hydrogen-bond acceptors (Lipinski definition) is 7. The highest BCUT2D eigenvalue weighted by molar-refractivity contribution is 5.94. The Bertz CT molecular complexity index is 1070. The average molecular weight is 438 g/mol. The van der Waals surface area contributed by atoms with Gasteiger partial charge in [0.25, 0.3) is 0 Å². The fourth-order valence-electron chi connectivity index (χ4n) is 5.30. The number of rotatable bonds is 5. The molecule has 0 saturated heterocycles. The average Bonchev–Trinajstić information content (AvgIpc) is 2.81. The third-order valence-electron chi connectivity index (χ3n) is 6.93. The molecule has 0 aliphatic heterocycles. The van der Waals surface area contributed by atoms with E-state index in [0.29, 0.717) is 34.4 Å². The van der Waals surface area contributed by atoms with E-state index in [2.05, 4.69) is 11.0 Å². The molecule has 2 heterocycles. The van der Waals surface area contributed by atoms with Crippen molar-refractivity contribution in [1.29, 1.82) is 5.26 Å². The summed E-state index contributed by atoms with van der Waals surface area (Å²) in [4.78, 5) is 31.8. The first-order valence-corrected chi connectivity index (χ1v) is 11.9. The van der Waals surface area contributed by atoms with E-state index in [0.717, 1.165) is 25.7 Å². The summed E-state index contributed by atoms with van der Waals surface area (Å²) in [6.07, 6.45) is 11.6. The molecule has 0 radical (unpaired) electrons. The van der Waals surface area contributed by atoms with Crippen LogP contribution >= 0.6 is 0 Å². The van der Waals surface area contributed by atoms with Gasteiger partial charge in [-0.25, -0.2) is 9.59 Å². The highest BCUT2D eigenvalue weighted by Gasteiger charge is 2.33. The molecule has 2 fully saturated rings. The van der Waals surface area contributed by atoms with Crippen molar-refractivity contribution in [3.8, 4) is 6.07 Å². The van der Waals surface area contributed by atoms with Crippen LogP contribution in [0.5, 0.6) is 0 Å². The summed E-state index contributed by atoms with van der Waals surface area (Å²) < 4.78 is 10.5. The molecule has 32 heavy (non-hydrogen) atoms. The van der Waals surface area contributed by atoms with Crippen molar-refractivity contribution >= 4 is 22.9 Å². The summed E-state index contributed by atoms with van der Waals surface area (Å²) in [6, 6.07) is 4.50. The number of carbonyl (C=O) groups excluding carboxylic acids is 1. The summed E-state index contributed by atoms with van der Waals surface area (Å²) >= 11 is 0. The summed E-state index contributed by atoms with van der Waals surface area (Å²) in [6.45, 7) is 3.67. The Morgan fingerprint density at radius 3 is 2.28 bits per heavy atom. The molecular formula is C25H31N3O4. The summed E-state index contributed by atoms with van der Waals surface area (Å²) in [5.41, 5.74) is 0.416. The van der Waals surface area contributed by atoms with Crippen LogP contribution in [0.2, 0.25) is 0 Å². The van der Waals surface area contributed by atoms with Gasteiger partial charge in [0.05, 0.1) is 12.2 Å². The third-order valence-corrected chi connectivity index (χ3v) is 6.93. The van der Waals surface area contributed by atoms with Gasteiger partial charge in [0, 0.05) is 17.5 Å². The van der Waals surface area contributed by atoms with Crippen molar-refractivity contribution < 1.29 is 13.9 Å². The quantitative estimate of drug-likeness (QED) is 0.606. The lowest BCUT2D eigenvalue weighted by molar-refractivity contribution is 0.0521. The van der Waals surface area contributed by atoms with Crippen molar-refractivity contribution in [2.45, 2.75) is 90.1 Å². The Hall–Kier alpha value is -2.88. The van der Waals surface area contributed by atoms with Gasteiger partial charge in [0.2, 0.25) is 5.71 Å². The molecule has 0 amide bonds. The zero-order valence-electron chi connectivity index (χ0n) is 19.0. The number of esters is 1. The maximum absolute atomic E-state index is 12.5. The molecule has 0 bridgehead atoms. The Labute approximate surface area is 188 Å². The van der Waals surface area contributed by atoms with E-state index in [9.17, 15) is 14.9 Å². The van der Waals surface area contributed by atoms with E-state index in [1.54, 1.807) is 6.92 Å². The molecule has 2 aliphatic carbocycles. The molecule has 2 aromatic rings. The molecule has 7 nitrogen and oxygen atoms in total. The van der Waals surface area contributed by atoms with Crippen LogP contribution < -0.4 is 10.5 Å². The molecule has 7 heteroatoms. The largest absolute Gasteiger partial charge is 0.462 e. The lowest BCUT2D eigenvalue weighted by Crippen LogP contribution is -2.46. The zero-order valence-corrected chi connectivity index (χ0v) is 19.0. The molecule has 2 aliphatic rings. The number of aryl methyl sites for hydroxylation is 1. The molecule has 2 saturated carbocycles. The number of anilines is 1. The van der Waals surface area contributed by atoms with Crippen molar-refractivity contribution in [2.75, 3.05) is 11.5 Å². The molecule has 0 unspecified atom stereocenters. The number of nitrogens with zero attached hydrogens (tertiary/aromatic N) is 3. The SMILES string of the molecule is CCOC(=O)c1cc2c(C)c(C#N)c(N(C3CCCCC3)C3CCCCC3)nc2oc1=O. The first kappa shape index (κ1) is 22.3. The van der Waals surface area contributed by atoms with E-state index >= 15 is 0 Å². The smallest absolute Gasteiger partial charge is 0.352 e. The highest BCUT2D eigenvalue weighted by Crippen LogP contribution is 2.37. The minimum absolute atomic E-state index is 0.160. The molecule has 0 N–H and O–H groups in total.